The molecule has 0 amide bonds. The van der Waals surface area contributed by atoms with Crippen LogP contribution in [0.2, 0.25) is 0 Å². The Morgan fingerprint density at radius 2 is 1.76 bits per heavy atom. The zero-order chi connectivity index (χ0) is 19.4. The van der Waals surface area contributed by atoms with E-state index in [1.54, 1.807) is 0 Å². The van der Waals surface area contributed by atoms with Crippen molar-refractivity contribution in [3.05, 3.63) is 12.2 Å². The molecular weight excluding hydrogens is 312 g/mol. The summed E-state index contributed by atoms with van der Waals surface area (Å²) in [6.07, 6.45) is 6.30. The number of allylic oxidation sites excluding steroid dienone is 1. The van der Waals surface area contributed by atoms with E-state index in [0.717, 1.165) is 6.42 Å². The van der Waals surface area contributed by atoms with Crippen LogP contribution in [0.3, 0.4) is 0 Å². The summed E-state index contributed by atoms with van der Waals surface area (Å²) in [5.74, 6) is 1.08. The van der Waals surface area contributed by atoms with Crippen molar-refractivity contribution in [1.82, 2.24) is 0 Å². The van der Waals surface area contributed by atoms with E-state index in [-0.39, 0.29) is 41.2 Å². The Labute approximate surface area is 154 Å². The highest BCUT2D eigenvalue weighted by atomic mass is 16.6. The maximum absolute atomic E-state index is 13.1. The maximum Gasteiger partial charge on any atom is 0.139 e. The Morgan fingerprint density at radius 1 is 1.16 bits per heavy atom. The van der Waals surface area contributed by atoms with E-state index in [4.69, 9.17) is 4.74 Å². The van der Waals surface area contributed by atoms with Crippen LogP contribution in [-0.4, -0.2) is 23.3 Å². The lowest BCUT2D eigenvalue weighted by Crippen LogP contribution is -2.37. The quantitative estimate of drug-likeness (QED) is 0.379. The van der Waals surface area contributed by atoms with Crippen LogP contribution in [-0.2, 0) is 14.3 Å². The van der Waals surface area contributed by atoms with Crippen LogP contribution in [0, 0.1) is 29.6 Å². The first-order valence-corrected chi connectivity index (χ1v) is 9.99. The van der Waals surface area contributed by atoms with Crippen LogP contribution < -0.4 is 0 Å². The Hall–Kier alpha value is -0.960. The number of hydrogen-bond acceptors (Lipinski definition) is 3. The Balaban J connectivity index is 2.80. The normalized spacial score (nSPS) is 29.0. The lowest BCUT2D eigenvalue weighted by molar-refractivity contribution is -0.131. The summed E-state index contributed by atoms with van der Waals surface area (Å²) < 4.78 is 6.08. The van der Waals surface area contributed by atoms with Gasteiger partial charge in [0.1, 0.15) is 11.6 Å². The number of hydrogen-bond donors (Lipinski definition) is 0. The molecular formula is C22H38O3. The summed E-state index contributed by atoms with van der Waals surface area (Å²) in [6, 6.07) is 0. The van der Waals surface area contributed by atoms with Crippen molar-refractivity contribution in [1.29, 1.82) is 0 Å². The highest BCUT2D eigenvalue weighted by molar-refractivity contribution is 5.85. The number of carbonyl (C=O) groups is 2. The van der Waals surface area contributed by atoms with Crippen LogP contribution in [0.25, 0.3) is 0 Å². The summed E-state index contributed by atoms with van der Waals surface area (Å²) >= 11 is 0. The van der Waals surface area contributed by atoms with E-state index < -0.39 is 0 Å². The second-order valence-electron chi connectivity index (χ2n) is 8.18. The number of ether oxygens (including phenoxy) is 1. The molecule has 3 heteroatoms. The van der Waals surface area contributed by atoms with Crippen molar-refractivity contribution in [3.8, 4) is 0 Å². The van der Waals surface area contributed by atoms with Crippen molar-refractivity contribution in [3.63, 3.8) is 0 Å². The van der Waals surface area contributed by atoms with Crippen molar-refractivity contribution in [2.45, 2.75) is 86.4 Å². The summed E-state index contributed by atoms with van der Waals surface area (Å²) in [7, 11) is 0. The molecule has 1 rings (SSSR count). The molecule has 0 radical (unpaired) electrons. The molecule has 0 aliphatic carbocycles. The maximum atomic E-state index is 13.1. The van der Waals surface area contributed by atoms with Gasteiger partial charge in [0.15, 0.2) is 0 Å². The first-order chi connectivity index (χ1) is 11.6. The van der Waals surface area contributed by atoms with Gasteiger partial charge in [-0.05, 0) is 32.1 Å². The van der Waals surface area contributed by atoms with Gasteiger partial charge >= 0.3 is 0 Å². The van der Waals surface area contributed by atoms with Gasteiger partial charge in [0.25, 0.3) is 0 Å². The SMILES string of the molecule is C/C=C\[C@H](C)[C@H]1O[C@@]1(C)[C@@H](C)[C@@H](CC)C(=O)[C@H](C)C(C)CC(=O)CC. The molecule has 0 aromatic carbocycles. The minimum Gasteiger partial charge on any atom is -0.365 e. The molecule has 1 fully saturated rings. The third-order valence-electron chi connectivity index (χ3n) is 6.42. The van der Waals surface area contributed by atoms with Crippen molar-refractivity contribution < 1.29 is 14.3 Å². The molecule has 1 aliphatic rings. The fourth-order valence-electron chi connectivity index (χ4n) is 4.14. The van der Waals surface area contributed by atoms with Crippen molar-refractivity contribution in [2.24, 2.45) is 29.6 Å². The summed E-state index contributed by atoms with van der Waals surface area (Å²) in [5, 5.41) is 0. The highest BCUT2D eigenvalue weighted by Gasteiger charge is 2.59. The highest BCUT2D eigenvalue weighted by Crippen LogP contribution is 2.50. The lowest BCUT2D eigenvalue weighted by Gasteiger charge is -2.30. The second-order valence-corrected chi connectivity index (χ2v) is 8.18. The van der Waals surface area contributed by atoms with Gasteiger partial charge in [-0.25, -0.2) is 0 Å². The lowest BCUT2D eigenvalue weighted by atomic mass is 9.72. The van der Waals surface area contributed by atoms with Gasteiger partial charge in [-0.15, -0.1) is 0 Å². The zero-order valence-electron chi connectivity index (χ0n) is 17.5. The average molecular weight is 351 g/mol. The predicted molar refractivity (Wildman–Crippen MR) is 103 cm³/mol. The van der Waals surface area contributed by atoms with E-state index in [1.807, 2.05) is 27.7 Å². The molecule has 1 unspecified atom stereocenters. The van der Waals surface area contributed by atoms with Crippen LogP contribution >= 0.6 is 0 Å². The number of carbonyl (C=O) groups excluding carboxylic acids is 2. The predicted octanol–water partition coefficient (Wildman–Crippen LogP) is 5.23. The van der Waals surface area contributed by atoms with Gasteiger partial charge in [-0.2, -0.15) is 0 Å². The molecule has 1 saturated heterocycles. The van der Waals surface area contributed by atoms with E-state index in [0.29, 0.717) is 24.5 Å². The molecule has 0 bridgehead atoms. The Kier molecular flexibility index (Phi) is 8.05. The third-order valence-corrected chi connectivity index (χ3v) is 6.42. The average Bonchev–Trinajstić information content (AvgIpc) is 3.28. The van der Waals surface area contributed by atoms with E-state index in [1.165, 1.54) is 0 Å². The molecule has 1 aliphatic heterocycles. The van der Waals surface area contributed by atoms with E-state index >= 15 is 0 Å². The minimum absolute atomic E-state index is 0.0121. The van der Waals surface area contributed by atoms with Crippen LogP contribution in [0.5, 0.6) is 0 Å². The zero-order valence-corrected chi connectivity index (χ0v) is 17.5. The van der Waals surface area contributed by atoms with Crippen LogP contribution in [0.4, 0.5) is 0 Å². The van der Waals surface area contributed by atoms with E-state index in [2.05, 4.69) is 39.8 Å². The van der Waals surface area contributed by atoms with Crippen molar-refractivity contribution in [2.75, 3.05) is 0 Å². The van der Waals surface area contributed by atoms with E-state index in [9.17, 15) is 9.59 Å². The topological polar surface area (TPSA) is 46.7 Å². The number of rotatable bonds is 11. The van der Waals surface area contributed by atoms with Gasteiger partial charge in [-0.1, -0.05) is 53.7 Å². The first-order valence-electron chi connectivity index (χ1n) is 9.99. The second kappa shape index (κ2) is 9.12. The standard InChI is InChI=1S/C22H38O3/c1-9-12-14(4)21-22(8,25-21)17(7)19(11-3)20(24)16(6)15(5)13-18(23)10-2/h9,12,14-17,19,21H,10-11,13H2,1-8H3/b12-9-/t14-,15?,16+,17-,19+,21+,22-/m0/s1. The number of Topliss-reactive ketones (excluding diaryl/α,β-unsaturated/α-hetero) is 2. The fraction of sp³-hybridized carbons (Fsp3) is 0.818. The summed E-state index contributed by atoms with van der Waals surface area (Å²) in [5.41, 5.74) is -0.225. The first kappa shape index (κ1) is 22.1. The van der Waals surface area contributed by atoms with Crippen LogP contribution in [0.1, 0.15) is 74.7 Å². The monoisotopic (exact) mass is 350 g/mol. The van der Waals surface area contributed by atoms with Gasteiger partial charge in [-0.3, -0.25) is 9.59 Å². The Bertz CT molecular complexity index is 496. The molecule has 0 spiro atoms. The Morgan fingerprint density at radius 3 is 2.24 bits per heavy atom. The van der Waals surface area contributed by atoms with Gasteiger partial charge < -0.3 is 4.74 Å². The molecule has 7 atom stereocenters. The molecule has 0 aromatic rings. The summed E-state index contributed by atoms with van der Waals surface area (Å²) in [4.78, 5) is 24.9. The van der Waals surface area contributed by atoms with Crippen molar-refractivity contribution >= 4 is 11.6 Å². The molecule has 0 aromatic heterocycles. The summed E-state index contributed by atoms with van der Waals surface area (Å²) in [6.45, 7) is 16.5. The van der Waals surface area contributed by atoms with Gasteiger partial charge in [0.05, 0.1) is 11.7 Å². The molecule has 0 saturated carbocycles. The fourth-order valence-corrected chi connectivity index (χ4v) is 4.14. The van der Waals surface area contributed by atoms with Gasteiger partial charge in [0, 0.05) is 30.6 Å². The minimum atomic E-state index is -0.225. The molecule has 3 nitrogen and oxygen atoms in total. The third kappa shape index (κ3) is 5.03. The smallest absolute Gasteiger partial charge is 0.139 e. The number of epoxide rings is 1. The molecule has 25 heavy (non-hydrogen) atoms. The van der Waals surface area contributed by atoms with Gasteiger partial charge in [0.2, 0.25) is 0 Å². The largest absolute Gasteiger partial charge is 0.365 e. The number of ketones is 2. The van der Waals surface area contributed by atoms with Crippen LogP contribution in [0.15, 0.2) is 12.2 Å². The molecule has 144 valence electrons. The molecule has 1 heterocycles. The molecule has 0 N–H and O–H groups in total.